The zero-order valence-electron chi connectivity index (χ0n) is 27.3. The molecule has 1 aliphatic heterocycles. The fraction of sp³-hybridized carbons (Fsp3) is 0.211. The Bertz CT molecular complexity index is 1950. The molecule has 1 fully saturated rings. The summed E-state index contributed by atoms with van der Waals surface area (Å²) in [6, 6.07) is 29.2. The molecule has 1 aromatic heterocycles. The van der Waals surface area contributed by atoms with Crippen molar-refractivity contribution in [3.63, 3.8) is 0 Å². The number of anilines is 2. The van der Waals surface area contributed by atoms with Crippen LogP contribution >= 0.6 is 0 Å². The Labute approximate surface area is 283 Å². The number of hydrogen-bond donors (Lipinski definition) is 2. The van der Waals surface area contributed by atoms with Crippen LogP contribution in [0.25, 0.3) is 11.1 Å². The molecule has 3 N–H and O–H groups in total. The first-order valence-electron chi connectivity index (χ1n) is 15.9. The molecule has 0 unspecified atom stereocenters. The number of pyridine rings is 1. The van der Waals surface area contributed by atoms with E-state index in [9.17, 15) is 9.90 Å². The van der Waals surface area contributed by atoms with Crippen molar-refractivity contribution in [1.82, 2.24) is 9.88 Å². The van der Waals surface area contributed by atoms with Crippen LogP contribution < -0.4 is 25.0 Å². The van der Waals surface area contributed by atoms with E-state index in [1.807, 2.05) is 60.7 Å². The minimum absolute atomic E-state index is 0.150. The topological polar surface area (TPSA) is 104 Å². The van der Waals surface area contributed by atoms with Crippen LogP contribution in [-0.4, -0.2) is 61.2 Å². The number of benzene rings is 4. The fourth-order valence-corrected chi connectivity index (χ4v) is 5.76. The molecule has 2 heterocycles. The fourth-order valence-electron chi connectivity index (χ4n) is 5.76. The van der Waals surface area contributed by atoms with E-state index < -0.39 is 29.4 Å². The van der Waals surface area contributed by atoms with Gasteiger partial charge in [0.05, 0.1) is 0 Å². The van der Waals surface area contributed by atoms with E-state index >= 15 is 8.78 Å². The third-order valence-electron chi connectivity index (χ3n) is 8.40. The summed E-state index contributed by atoms with van der Waals surface area (Å²) in [4.78, 5) is 21.8. The number of rotatable bonds is 11. The normalized spacial score (nSPS) is 13.3. The molecule has 49 heavy (non-hydrogen) atoms. The van der Waals surface area contributed by atoms with Crippen LogP contribution in [-0.2, 0) is 13.1 Å². The van der Waals surface area contributed by atoms with E-state index in [0.29, 0.717) is 45.0 Å². The SMILES string of the molecule is CN(C)c1ccc(C(=O)O)c(Oc2nc(Oc3cccc(-c4cccc(CN)c4)c3)c(F)c(N3CCN(Cc4ccccc4)CC3)c2F)c1. The first kappa shape index (κ1) is 33.4. The van der Waals surface area contributed by atoms with Gasteiger partial charge < -0.3 is 30.1 Å². The number of halogens is 2. The maximum absolute atomic E-state index is 16.4. The second kappa shape index (κ2) is 14.7. The number of nitrogens with two attached hydrogens (primary N) is 1. The van der Waals surface area contributed by atoms with Crippen LogP contribution in [0.2, 0.25) is 0 Å². The summed E-state index contributed by atoms with van der Waals surface area (Å²) in [7, 11) is 3.55. The molecule has 0 amide bonds. The molecule has 9 nitrogen and oxygen atoms in total. The third kappa shape index (κ3) is 7.64. The number of aromatic nitrogens is 1. The van der Waals surface area contributed by atoms with E-state index in [1.165, 1.54) is 12.1 Å². The predicted molar refractivity (Wildman–Crippen MR) is 186 cm³/mol. The maximum Gasteiger partial charge on any atom is 0.339 e. The zero-order chi connectivity index (χ0) is 34.5. The maximum atomic E-state index is 16.4. The first-order chi connectivity index (χ1) is 23.7. The molecule has 1 saturated heterocycles. The standard InChI is InChI=1S/C38H37F2N5O4/c1-43(2)29-14-15-31(38(46)47)32(22-29)49-37-34(40)35(45-18-16-44(17-19-45)24-25-8-4-3-5-9-25)33(39)36(42-37)48-30-13-7-12-28(21-30)27-11-6-10-26(20-27)23-41/h3-15,20-22H,16-19,23-24,41H2,1-2H3,(H,46,47). The van der Waals surface area contributed by atoms with E-state index in [-0.39, 0.29) is 22.7 Å². The Morgan fingerprint density at radius 1 is 0.816 bits per heavy atom. The van der Waals surface area contributed by atoms with Crippen LogP contribution in [0, 0.1) is 11.6 Å². The van der Waals surface area contributed by atoms with Gasteiger partial charge in [0.25, 0.3) is 11.8 Å². The van der Waals surface area contributed by atoms with Crippen molar-refractivity contribution >= 4 is 17.3 Å². The third-order valence-corrected chi connectivity index (χ3v) is 8.40. The number of aromatic carboxylic acids is 1. The minimum Gasteiger partial charge on any atom is -0.478 e. The lowest BCUT2D eigenvalue weighted by Gasteiger charge is -2.36. The molecule has 0 radical (unpaired) electrons. The zero-order valence-corrected chi connectivity index (χ0v) is 27.3. The molecule has 0 atom stereocenters. The quantitative estimate of drug-likeness (QED) is 0.152. The minimum atomic E-state index is -1.27. The van der Waals surface area contributed by atoms with Gasteiger partial charge in [0.15, 0.2) is 0 Å². The van der Waals surface area contributed by atoms with Gasteiger partial charge in [-0.1, -0.05) is 60.7 Å². The molecule has 4 aromatic carbocycles. The second-order valence-corrected chi connectivity index (χ2v) is 12.0. The van der Waals surface area contributed by atoms with Crippen LogP contribution in [0.4, 0.5) is 20.2 Å². The second-order valence-electron chi connectivity index (χ2n) is 12.0. The van der Waals surface area contributed by atoms with Gasteiger partial charge in [-0.25, -0.2) is 4.79 Å². The Balaban J connectivity index is 1.37. The molecular formula is C38H37F2N5O4. The number of ether oxygens (including phenoxy) is 2. The summed E-state index contributed by atoms with van der Waals surface area (Å²) in [5, 5.41) is 9.87. The Morgan fingerprint density at radius 3 is 2.14 bits per heavy atom. The van der Waals surface area contributed by atoms with Crippen LogP contribution in [0.5, 0.6) is 23.3 Å². The van der Waals surface area contributed by atoms with E-state index in [4.69, 9.17) is 15.2 Å². The number of carboxylic acid groups (broad SMARTS) is 1. The van der Waals surface area contributed by atoms with Crippen molar-refractivity contribution in [2.45, 2.75) is 13.1 Å². The number of piperazine rings is 1. The molecule has 252 valence electrons. The number of carbonyl (C=O) groups is 1. The molecule has 11 heteroatoms. The molecular weight excluding hydrogens is 628 g/mol. The lowest BCUT2D eigenvalue weighted by Crippen LogP contribution is -2.46. The van der Waals surface area contributed by atoms with Gasteiger partial charge in [0.2, 0.25) is 11.6 Å². The van der Waals surface area contributed by atoms with Gasteiger partial charge in [-0.15, -0.1) is 0 Å². The van der Waals surface area contributed by atoms with E-state index in [2.05, 4.69) is 9.88 Å². The molecule has 0 aliphatic carbocycles. The van der Waals surface area contributed by atoms with Crippen molar-refractivity contribution in [3.8, 4) is 34.4 Å². The Kier molecular flexibility index (Phi) is 10.0. The van der Waals surface area contributed by atoms with Gasteiger partial charge in [-0.2, -0.15) is 13.8 Å². The highest BCUT2D eigenvalue weighted by Gasteiger charge is 2.30. The summed E-state index contributed by atoms with van der Waals surface area (Å²) in [5.41, 5.74) is 9.67. The summed E-state index contributed by atoms with van der Waals surface area (Å²) < 4.78 is 44.7. The van der Waals surface area contributed by atoms with Crippen molar-refractivity contribution < 1.29 is 28.2 Å². The Hall–Kier alpha value is -5.52. The van der Waals surface area contributed by atoms with E-state index in [0.717, 1.165) is 22.3 Å². The predicted octanol–water partition coefficient (Wildman–Crippen LogP) is 7.16. The number of carboxylic acids is 1. The summed E-state index contributed by atoms with van der Waals surface area (Å²) >= 11 is 0. The van der Waals surface area contributed by atoms with Gasteiger partial charge in [-0.3, -0.25) is 4.90 Å². The van der Waals surface area contributed by atoms with E-state index in [1.54, 1.807) is 48.2 Å². The highest BCUT2D eigenvalue weighted by Crippen LogP contribution is 2.40. The van der Waals surface area contributed by atoms with Gasteiger partial charge in [0, 0.05) is 65.1 Å². The Morgan fingerprint density at radius 2 is 1.47 bits per heavy atom. The van der Waals surface area contributed by atoms with Crippen LogP contribution in [0.3, 0.4) is 0 Å². The highest BCUT2D eigenvalue weighted by molar-refractivity contribution is 5.91. The largest absolute Gasteiger partial charge is 0.478 e. The molecule has 6 rings (SSSR count). The molecule has 0 saturated carbocycles. The highest BCUT2D eigenvalue weighted by atomic mass is 19.1. The van der Waals surface area contributed by atoms with Crippen LogP contribution in [0.1, 0.15) is 21.5 Å². The lowest BCUT2D eigenvalue weighted by atomic mass is 10.0. The van der Waals surface area contributed by atoms with Crippen LogP contribution in [0.15, 0.2) is 97.1 Å². The average Bonchev–Trinajstić information content (AvgIpc) is 3.11. The van der Waals surface area contributed by atoms with Gasteiger partial charge >= 0.3 is 5.97 Å². The van der Waals surface area contributed by atoms with Crippen molar-refractivity contribution in [2.75, 3.05) is 50.1 Å². The molecule has 0 bridgehead atoms. The first-order valence-corrected chi connectivity index (χ1v) is 15.9. The summed E-state index contributed by atoms with van der Waals surface area (Å²) in [6.07, 6.45) is 0. The summed E-state index contributed by atoms with van der Waals surface area (Å²) in [6.45, 7) is 2.85. The molecule has 5 aromatic rings. The smallest absolute Gasteiger partial charge is 0.339 e. The van der Waals surface area contributed by atoms with Gasteiger partial charge in [0.1, 0.15) is 22.7 Å². The molecule has 0 spiro atoms. The monoisotopic (exact) mass is 665 g/mol. The van der Waals surface area contributed by atoms with Crippen molar-refractivity contribution in [3.05, 3.63) is 125 Å². The van der Waals surface area contributed by atoms with Crippen molar-refractivity contribution in [1.29, 1.82) is 0 Å². The number of hydrogen-bond acceptors (Lipinski definition) is 8. The average molecular weight is 666 g/mol. The molecule has 1 aliphatic rings. The number of nitrogens with zero attached hydrogens (tertiary/aromatic N) is 4. The van der Waals surface area contributed by atoms with Gasteiger partial charge in [-0.05, 0) is 52.6 Å². The lowest BCUT2D eigenvalue weighted by molar-refractivity contribution is 0.0694. The van der Waals surface area contributed by atoms with Crippen molar-refractivity contribution in [2.24, 2.45) is 5.73 Å². The summed E-state index contributed by atoms with van der Waals surface area (Å²) in [5.74, 6) is -4.32.